The van der Waals surface area contributed by atoms with Crippen molar-refractivity contribution in [1.82, 2.24) is 4.90 Å². The molecule has 1 unspecified atom stereocenters. The van der Waals surface area contributed by atoms with Crippen LogP contribution >= 0.6 is 0 Å². The molecule has 2 aromatic carbocycles. The number of amides is 2. The van der Waals surface area contributed by atoms with Crippen molar-refractivity contribution in [3.8, 4) is 0 Å². The van der Waals surface area contributed by atoms with Gasteiger partial charge in [0.25, 0.3) is 0 Å². The Morgan fingerprint density at radius 3 is 2.28 bits per heavy atom. The second kappa shape index (κ2) is 6.80. The van der Waals surface area contributed by atoms with E-state index < -0.39 is 21.0 Å². The Kier molecular flexibility index (Phi) is 4.72. The summed E-state index contributed by atoms with van der Waals surface area (Å²) in [4.78, 5) is 26.1. The molecule has 1 saturated heterocycles. The Bertz CT molecular complexity index is 889. The van der Waals surface area contributed by atoms with Gasteiger partial charge < -0.3 is 0 Å². The fourth-order valence-corrected chi connectivity index (χ4v) is 4.59. The minimum absolute atomic E-state index is 0.0270. The summed E-state index contributed by atoms with van der Waals surface area (Å²) in [6.07, 6.45) is 0.0769. The summed E-state index contributed by atoms with van der Waals surface area (Å²) in [7, 11) is -3.82. The number of nitrogens with zero attached hydrogens (tertiary/aromatic N) is 1. The largest absolute Gasteiger partial charge is 0.277 e. The van der Waals surface area contributed by atoms with Crippen molar-refractivity contribution in [3.63, 3.8) is 0 Å². The van der Waals surface area contributed by atoms with Crippen LogP contribution in [-0.4, -0.2) is 30.4 Å². The lowest BCUT2D eigenvalue weighted by atomic mass is 10.1. The molecule has 130 valence electrons. The van der Waals surface area contributed by atoms with Crippen LogP contribution in [0.2, 0.25) is 0 Å². The third-order valence-corrected chi connectivity index (χ3v) is 6.49. The van der Waals surface area contributed by atoms with E-state index in [-0.39, 0.29) is 30.2 Å². The summed E-state index contributed by atoms with van der Waals surface area (Å²) in [6, 6.07) is 15.5. The van der Waals surface area contributed by atoms with E-state index in [2.05, 4.69) is 0 Å². The normalized spacial score (nSPS) is 18.4. The molecule has 1 fully saturated rings. The van der Waals surface area contributed by atoms with Crippen molar-refractivity contribution >= 4 is 21.7 Å². The van der Waals surface area contributed by atoms with Gasteiger partial charge in [0.1, 0.15) is 5.25 Å². The molecule has 0 aliphatic carbocycles. The van der Waals surface area contributed by atoms with Crippen LogP contribution in [0.4, 0.5) is 0 Å². The molecule has 0 spiro atoms. The molecule has 0 aromatic heterocycles. The molecule has 6 heteroatoms. The van der Waals surface area contributed by atoms with Gasteiger partial charge in [-0.1, -0.05) is 48.0 Å². The first-order valence-electron chi connectivity index (χ1n) is 8.08. The standard InChI is InChI=1S/C19H19NO4S/c1-14-7-9-16(10-8-14)25(23,24)17-11-12-18(21)20(19(17)22)13-15-5-3-2-4-6-15/h2-10,17H,11-13H2,1H3. The van der Waals surface area contributed by atoms with E-state index in [0.717, 1.165) is 16.0 Å². The summed E-state index contributed by atoms with van der Waals surface area (Å²) in [5.74, 6) is -0.968. The summed E-state index contributed by atoms with van der Waals surface area (Å²) in [5.41, 5.74) is 1.73. The Hall–Kier alpha value is -2.47. The number of imide groups is 1. The molecule has 3 rings (SSSR count). The number of rotatable bonds is 4. The lowest BCUT2D eigenvalue weighted by Gasteiger charge is -2.30. The van der Waals surface area contributed by atoms with Gasteiger partial charge in [0.15, 0.2) is 9.84 Å². The van der Waals surface area contributed by atoms with Gasteiger partial charge in [-0.3, -0.25) is 14.5 Å². The smallest absolute Gasteiger partial charge is 0.248 e. The maximum absolute atomic E-state index is 12.9. The average Bonchev–Trinajstić information content (AvgIpc) is 2.59. The SMILES string of the molecule is Cc1ccc(S(=O)(=O)C2CCC(=O)N(Cc3ccccc3)C2=O)cc1. The summed E-state index contributed by atoms with van der Waals surface area (Å²) >= 11 is 0. The second-order valence-electron chi connectivity index (χ2n) is 6.19. The van der Waals surface area contributed by atoms with E-state index in [1.54, 1.807) is 24.3 Å². The molecule has 1 aliphatic rings. The zero-order valence-corrected chi connectivity index (χ0v) is 14.7. The predicted molar refractivity (Wildman–Crippen MR) is 93.4 cm³/mol. The van der Waals surface area contributed by atoms with Crippen LogP contribution in [0, 0.1) is 6.92 Å². The van der Waals surface area contributed by atoms with Crippen LogP contribution in [0.1, 0.15) is 24.0 Å². The van der Waals surface area contributed by atoms with Crippen LogP contribution in [0.3, 0.4) is 0 Å². The highest BCUT2D eigenvalue weighted by Gasteiger charge is 2.42. The molecule has 25 heavy (non-hydrogen) atoms. The van der Waals surface area contributed by atoms with Crippen molar-refractivity contribution in [1.29, 1.82) is 0 Å². The van der Waals surface area contributed by atoms with Crippen LogP contribution in [-0.2, 0) is 26.0 Å². The van der Waals surface area contributed by atoms with Gasteiger partial charge in [-0.05, 0) is 31.0 Å². The Morgan fingerprint density at radius 1 is 1.00 bits per heavy atom. The lowest BCUT2D eigenvalue weighted by molar-refractivity contribution is -0.148. The van der Waals surface area contributed by atoms with Gasteiger partial charge in [0.05, 0.1) is 11.4 Å². The van der Waals surface area contributed by atoms with Crippen LogP contribution in [0.25, 0.3) is 0 Å². The number of hydrogen-bond acceptors (Lipinski definition) is 4. The zero-order chi connectivity index (χ0) is 18.0. The first kappa shape index (κ1) is 17.4. The first-order valence-corrected chi connectivity index (χ1v) is 9.63. The molecule has 5 nitrogen and oxygen atoms in total. The molecule has 2 amide bonds. The van der Waals surface area contributed by atoms with E-state index >= 15 is 0 Å². The van der Waals surface area contributed by atoms with Crippen molar-refractivity contribution in [3.05, 3.63) is 65.7 Å². The Morgan fingerprint density at radius 2 is 1.64 bits per heavy atom. The van der Waals surface area contributed by atoms with Crippen molar-refractivity contribution in [2.24, 2.45) is 0 Å². The number of likely N-dealkylation sites (tertiary alicyclic amines) is 1. The number of hydrogen-bond donors (Lipinski definition) is 0. The number of sulfone groups is 1. The molecule has 1 aliphatic heterocycles. The third-order valence-electron chi connectivity index (χ3n) is 4.37. The zero-order valence-electron chi connectivity index (χ0n) is 13.9. The first-order chi connectivity index (χ1) is 11.9. The second-order valence-corrected chi connectivity index (χ2v) is 8.32. The van der Waals surface area contributed by atoms with Crippen molar-refractivity contribution in [2.45, 2.75) is 36.5 Å². The van der Waals surface area contributed by atoms with Crippen LogP contribution < -0.4 is 0 Å². The number of piperidine rings is 1. The minimum Gasteiger partial charge on any atom is -0.277 e. The number of carbonyl (C=O) groups excluding carboxylic acids is 2. The van der Waals surface area contributed by atoms with Gasteiger partial charge in [-0.15, -0.1) is 0 Å². The molecule has 1 heterocycles. The molecule has 0 radical (unpaired) electrons. The molecule has 0 saturated carbocycles. The topological polar surface area (TPSA) is 71.5 Å². The number of benzene rings is 2. The molecule has 0 bridgehead atoms. The highest BCUT2D eigenvalue weighted by Crippen LogP contribution is 2.26. The third kappa shape index (κ3) is 3.49. The summed E-state index contributed by atoms with van der Waals surface area (Å²) in [6.45, 7) is 1.96. The van der Waals surface area contributed by atoms with Crippen molar-refractivity contribution in [2.75, 3.05) is 0 Å². The maximum atomic E-state index is 12.9. The monoisotopic (exact) mass is 357 g/mol. The quantitative estimate of drug-likeness (QED) is 0.788. The van der Waals surface area contributed by atoms with Crippen molar-refractivity contribution < 1.29 is 18.0 Å². The molecular weight excluding hydrogens is 338 g/mol. The highest BCUT2D eigenvalue weighted by atomic mass is 32.2. The molecular formula is C19H19NO4S. The van der Waals surface area contributed by atoms with E-state index in [4.69, 9.17) is 0 Å². The van der Waals surface area contributed by atoms with Gasteiger partial charge in [0, 0.05) is 6.42 Å². The average molecular weight is 357 g/mol. The summed E-state index contributed by atoms with van der Waals surface area (Å²) < 4.78 is 25.7. The summed E-state index contributed by atoms with van der Waals surface area (Å²) in [5, 5.41) is -1.21. The predicted octanol–water partition coefficient (Wildman–Crippen LogP) is 2.49. The fraction of sp³-hybridized carbons (Fsp3) is 0.263. The van der Waals surface area contributed by atoms with E-state index in [1.165, 1.54) is 12.1 Å². The number of aryl methyl sites for hydroxylation is 1. The fourth-order valence-electron chi connectivity index (χ4n) is 2.92. The molecule has 0 N–H and O–H groups in total. The van der Waals surface area contributed by atoms with Gasteiger partial charge >= 0.3 is 0 Å². The molecule has 1 atom stereocenters. The number of carbonyl (C=O) groups is 2. The minimum atomic E-state index is -3.82. The maximum Gasteiger partial charge on any atom is 0.248 e. The molecule has 2 aromatic rings. The van der Waals surface area contributed by atoms with Crippen LogP contribution in [0.15, 0.2) is 59.5 Å². The van der Waals surface area contributed by atoms with Gasteiger partial charge in [-0.2, -0.15) is 0 Å². The van der Waals surface area contributed by atoms with Crippen LogP contribution in [0.5, 0.6) is 0 Å². The van der Waals surface area contributed by atoms with Gasteiger partial charge in [0.2, 0.25) is 11.8 Å². The lowest BCUT2D eigenvalue weighted by Crippen LogP contribution is -2.50. The Labute approximate surface area is 147 Å². The highest BCUT2D eigenvalue weighted by molar-refractivity contribution is 7.92. The van der Waals surface area contributed by atoms with Gasteiger partial charge in [-0.25, -0.2) is 8.42 Å². The van der Waals surface area contributed by atoms with E-state index in [9.17, 15) is 18.0 Å². The Balaban J connectivity index is 1.88. The van der Waals surface area contributed by atoms with E-state index in [1.807, 2.05) is 25.1 Å². The van der Waals surface area contributed by atoms with E-state index in [0.29, 0.717) is 0 Å².